The molecule has 1 N–H and O–H groups in total. The van der Waals surface area contributed by atoms with Crippen LogP contribution in [0.4, 0.5) is 0 Å². The van der Waals surface area contributed by atoms with E-state index in [1.54, 1.807) is 0 Å². The zero-order chi connectivity index (χ0) is 20.5. The second-order valence-electron chi connectivity index (χ2n) is 8.69. The molecule has 0 heterocycles. The molecule has 0 rings (SSSR count). The lowest BCUT2D eigenvalue weighted by Crippen LogP contribution is -2.35. The lowest BCUT2D eigenvalue weighted by molar-refractivity contribution is -0.562. The van der Waals surface area contributed by atoms with Crippen molar-refractivity contribution in [2.24, 2.45) is 5.92 Å². The molecule has 1 unspecified atom stereocenters. The second kappa shape index (κ2) is 15.9. The summed E-state index contributed by atoms with van der Waals surface area (Å²) in [5, 5.41) is 20.3. The van der Waals surface area contributed by atoms with Crippen molar-refractivity contribution in [2.75, 3.05) is 0 Å². The van der Waals surface area contributed by atoms with E-state index >= 15 is 0 Å². The van der Waals surface area contributed by atoms with Gasteiger partial charge in [-0.1, -0.05) is 96.8 Å². The maximum atomic E-state index is 11.3. The molecule has 0 aromatic rings. The van der Waals surface area contributed by atoms with E-state index in [0.29, 0.717) is 6.42 Å². The Labute approximate surface area is 166 Å². The highest BCUT2D eigenvalue weighted by Gasteiger charge is 2.36. The molecule has 0 aliphatic rings. The van der Waals surface area contributed by atoms with Gasteiger partial charge in [-0.2, -0.15) is 0 Å². The molecule has 0 aromatic heterocycles. The fraction of sp³-hybridized carbons (Fsp3) is 0.955. The van der Waals surface area contributed by atoms with Crippen molar-refractivity contribution in [1.29, 1.82) is 0 Å². The highest BCUT2D eigenvalue weighted by atomic mass is 16.6. The Balaban J connectivity index is 3.58. The molecule has 160 valence electrons. The zero-order valence-electron chi connectivity index (χ0n) is 18.0. The molecule has 0 radical (unpaired) electrons. The van der Waals surface area contributed by atoms with Crippen molar-refractivity contribution >= 4 is 5.97 Å². The predicted octanol–water partition coefficient (Wildman–Crippen LogP) is 7.00. The average molecular weight is 386 g/mol. The molecule has 0 aliphatic heterocycles. The van der Waals surface area contributed by atoms with Crippen LogP contribution in [0.25, 0.3) is 0 Å². The standard InChI is InChI=1S/C22H43NO4/c1-4-5-6-7-8-9-10-11-12-13-14-15-16-17-18-20(21(24)25)19-22(2,3)23(26)27/h20H,4-19H2,1-3H3,(H,24,25). The predicted molar refractivity (Wildman–Crippen MR) is 112 cm³/mol. The lowest BCUT2D eigenvalue weighted by Gasteiger charge is -2.20. The largest absolute Gasteiger partial charge is 0.481 e. The molecule has 0 fully saturated rings. The van der Waals surface area contributed by atoms with Crippen LogP contribution in [0.1, 0.15) is 124 Å². The van der Waals surface area contributed by atoms with Gasteiger partial charge in [0.15, 0.2) is 0 Å². The molecule has 1 atom stereocenters. The third-order valence-electron chi connectivity index (χ3n) is 5.50. The van der Waals surface area contributed by atoms with Gasteiger partial charge in [0.2, 0.25) is 5.54 Å². The summed E-state index contributed by atoms with van der Waals surface area (Å²) in [5.41, 5.74) is -1.17. The minimum atomic E-state index is -1.17. The van der Waals surface area contributed by atoms with Gasteiger partial charge in [0, 0.05) is 25.2 Å². The van der Waals surface area contributed by atoms with Crippen LogP contribution >= 0.6 is 0 Å². The van der Waals surface area contributed by atoms with E-state index in [4.69, 9.17) is 0 Å². The Kier molecular flexibility index (Phi) is 15.2. The van der Waals surface area contributed by atoms with Gasteiger partial charge in [0.1, 0.15) is 0 Å². The molecule has 27 heavy (non-hydrogen) atoms. The van der Waals surface area contributed by atoms with Crippen molar-refractivity contribution in [3.05, 3.63) is 10.1 Å². The highest BCUT2D eigenvalue weighted by molar-refractivity contribution is 5.70. The molecular formula is C22H43NO4. The number of unbranched alkanes of at least 4 members (excludes halogenated alkanes) is 13. The first kappa shape index (κ1) is 25.9. The van der Waals surface area contributed by atoms with Crippen molar-refractivity contribution in [3.8, 4) is 0 Å². The Morgan fingerprint density at radius 2 is 1.22 bits per heavy atom. The third-order valence-corrected chi connectivity index (χ3v) is 5.50. The van der Waals surface area contributed by atoms with E-state index in [-0.39, 0.29) is 11.3 Å². The van der Waals surface area contributed by atoms with Crippen LogP contribution in [0.5, 0.6) is 0 Å². The maximum Gasteiger partial charge on any atom is 0.306 e. The third kappa shape index (κ3) is 14.6. The molecule has 0 saturated carbocycles. The zero-order valence-corrected chi connectivity index (χ0v) is 18.0. The Morgan fingerprint density at radius 1 is 0.852 bits per heavy atom. The first-order valence-corrected chi connectivity index (χ1v) is 11.2. The minimum Gasteiger partial charge on any atom is -0.481 e. The van der Waals surface area contributed by atoms with Gasteiger partial charge < -0.3 is 5.11 Å². The van der Waals surface area contributed by atoms with Crippen LogP contribution in [-0.2, 0) is 4.79 Å². The average Bonchev–Trinajstić information content (AvgIpc) is 2.60. The summed E-state index contributed by atoms with van der Waals surface area (Å²) in [5.74, 6) is -1.51. The molecule has 0 aromatic carbocycles. The summed E-state index contributed by atoms with van der Waals surface area (Å²) >= 11 is 0. The number of carboxylic acid groups (broad SMARTS) is 1. The van der Waals surface area contributed by atoms with Crippen LogP contribution in [0.3, 0.4) is 0 Å². The van der Waals surface area contributed by atoms with Gasteiger partial charge in [-0.25, -0.2) is 0 Å². The Hall–Kier alpha value is -1.13. The van der Waals surface area contributed by atoms with Crippen LogP contribution < -0.4 is 0 Å². The van der Waals surface area contributed by atoms with Crippen molar-refractivity contribution < 1.29 is 14.8 Å². The van der Waals surface area contributed by atoms with Crippen molar-refractivity contribution in [3.63, 3.8) is 0 Å². The molecule has 0 aliphatic carbocycles. The van der Waals surface area contributed by atoms with Crippen LogP contribution in [0, 0.1) is 16.0 Å². The fourth-order valence-electron chi connectivity index (χ4n) is 3.58. The SMILES string of the molecule is CCCCCCCCCCCCCCCCC(CC(C)(C)[N+](=O)[O-])C(=O)O. The molecule has 5 heteroatoms. The van der Waals surface area contributed by atoms with Crippen molar-refractivity contribution in [1.82, 2.24) is 0 Å². The normalized spacial score (nSPS) is 12.9. The van der Waals surface area contributed by atoms with Crippen molar-refractivity contribution in [2.45, 2.75) is 129 Å². The molecular weight excluding hydrogens is 342 g/mol. The minimum absolute atomic E-state index is 0.105. The van der Waals surface area contributed by atoms with E-state index in [0.717, 1.165) is 19.3 Å². The summed E-state index contributed by atoms with van der Waals surface area (Å²) in [6.45, 7) is 5.27. The van der Waals surface area contributed by atoms with E-state index in [1.807, 2.05) is 0 Å². The number of hydrogen-bond acceptors (Lipinski definition) is 3. The number of nitrogens with zero attached hydrogens (tertiary/aromatic N) is 1. The topological polar surface area (TPSA) is 80.4 Å². The van der Waals surface area contributed by atoms with Crippen LogP contribution in [0.2, 0.25) is 0 Å². The molecule has 0 amide bonds. The quantitative estimate of drug-likeness (QED) is 0.147. The van der Waals surface area contributed by atoms with Crippen LogP contribution in [-0.4, -0.2) is 21.5 Å². The molecule has 0 bridgehead atoms. The summed E-state index contributed by atoms with van der Waals surface area (Å²) in [4.78, 5) is 22.0. The Morgan fingerprint density at radius 3 is 1.56 bits per heavy atom. The highest BCUT2D eigenvalue weighted by Crippen LogP contribution is 2.24. The van der Waals surface area contributed by atoms with Gasteiger partial charge in [-0.3, -0.25) is 14.9 Å². The van der Waals surface area contributed by atoms with E-state index in [2.05, 4.69) is 6.92 Å². The first-order chi connectivity index (χ1) is 12.8. The lowest BCUT2D eigenvalue weighted by atomic mass is 9.87. The van der Waals surface area contributed by atoms with Crippen LogP contribution in [0.15, 0.2) is 0 Å². The smallest absolute Gasteiger partial charge is 0.306 e. The summed E-state index contributed by atoms with van der Waals surface area (Å²) in [7, 11) is 0. The number of hydrogen-bond donors (Lipinski definition) is 1. The van der Waals surface area contributed by atoms with Gasteiger partial charge in [0.05, 0.1) is 5.92 Å². The number of carboxylic acids is 1. The van der Waals surface area contributed by atoms with E-state index in [9.17, 15) is 20.0 Å². The monoisotopic (exact) mass is 385 g/mol. The molecule has 0 saturated heterocycles. The van der Waals surface area contributed by atoms with Gasteiger partial charge in [-0.15, -0.1) is 0 Å². The second-order valence-corrected chi connectivity index (χ2v) is 8.69. The van der Waals surface area contributed by atoms with E-state index < -0.39 is 17.4 Å². The maximum absolute atomic E-state index is 11.3. The summed E-state index contributed by atoms with van der Waals surface area (Å²) in [6, 6.07) is 0. The number of nitro groups is 1. The number of aliphatic carboxylic acids is 1. The van der Waals surface area contributed by atoms with Gasteiger partial charge in [0.25, 0.3) is 0 Å². The van der Waals surface area contributed by atoms with E-state index in [1.165, 1.54) is 84.5 Å². The van der Waals surface area contributed by atoms with Gasteiger partial charge >= 0.3 is 5.97 Å². The molecule has 5 nitrogen and oxygen atoms in total. The Bertz CT molecular complexity index is 396. The summed E-state index contributed by atoms with van der Waals surface area (Å²) < 4.78 is 0. The number of carbonyl (C=O) groups is 1. The molecule has 0 spiro atoms. The first-order valence-electron chi connectivity index (χ1n) is 11.2. The number of rotatable bonds is 19. The summed E-state index contributed by atoms with van der Waals surface area (Å²) in [6.07, 6.45) is 18.4. The fourth-order valence-corrected chi connectivity index (χ4v) is 3.58. The van der Waals surface area contributed by atoms with Gasteiger partial charge in [-0.05, 0) is 6.42 Å².